The van der Waals surface area contributed by atoms with Crippen molar-refractivity contribution in [2.45, 2.75) is 30.5 Å². The SMILES string of the molecule is COc1cc(P2(=O)CCN(Cc3ccccc3)CC2)ccc1N(c1ncc(Cl)c(N)n1)c1ccccc1S(=O)(=O)C(C)C. The van der Waals surface area contributed by atoms with E-state index in [4.69, 9.17) is 22.1 Å². The van der Waals surface area contributed by atoms with Gasteiger partial charge in [-0.25, -0.2) is 13.4 Å². The highest BCUT2D eigenvalue weighted by atomic mass is 35.5. The van der Waals surface area contributed by atoms with Crippen molar-refractivity contribution in [3.63, 3.8) is 0 Å². The second-order valence-corrected chi connectivity index (χ2v) is 16.8. The molecule has 1 aliphatic rings. The first kappa shape index (κ1) is 31.0. The summed E-state index contributed by atoms with van der Waals surface area (Å²) in [5, 5.41) is 0.215. The highest BCUT2D eigenvalue weighted by Crippen LogP contribution is 2.49. The van der Waals surface area contributed by atoms with E-state index >= 15 is 0 Å². The number of rotatable bonds is 9. The van der Waals surface area contributed by atoms with Crippen molar-refractivity contribution in [1.82, 2.24) is 14.9 Å². The van der Waals surface area contributed by atoms with E-state index in [2.05, 4.69) is 27.0 Å². The minimum atomic E-state index is -3.71. The van der Waals surface area contributed by atoms with Crippen LogP contribution in [0, 0.1) is 0 Å². The lowest BCUT2D eigenvalue weighted by atomic mass is 10.2. The molecule has 1 aliphatic heterocycles. The molecule has 0 spiro atoms. The van der Waals surface area contributed by atoms with Gasteiger partial charge in [-0.05, 0) is 49.7 Å². The highest BCUT2D eigenvalue weighted by molar-refractivity contribution is 7.92. The third kappa shape index (κ3) is 6.43. The molecule has 1 saturated heterocycles. The van der Waals surface area contributed by atoms with E-state index in [9.17, 15) is 13.0 Å². The summed E-state index contributed by atoms with van der Waals surface area (Å²) in [7, 11) is -4.90. The Labute approximate surface area is 258 Å². The smallest absolute Gasteiger partial charge is 0.236 e. The number of aromatic nitrogens is 2. The number of anilines is 4. The normalized spacial score (nSPS) is 15.4. The molecule has 0 atom stereocenters. The van der Waals surface area contributed by atoms with Crippen molar-refractivity contribution >= 4 is 57.0 Å². The van der Waals surface area contributed by atoms with Gasteiger partial charge in [0.1, 0.15) is 23.7 Å². The summed E-state index contributed by atoms with van der Waals surface area (Å²) in [6.45, 7) is 5.53. The van der Waals surface area contributed by atoms with E-state index in [1.807, 2.05) is 24.3 Å². The third-order valence-electron chi connectivity index (χ3n) is 7.67. The van der Waals surface area contributed by atoms with E-state index in [0.717, 1.165) is 19.6 Å². The zero-order valence-electron chi connectivity index (χ0n) is 24.4. The van der Waals surface area contributed by atoms with Crippen LogP contribution in [0.3, 0.4) is 0 Å². The topological polar surface area (TPSA) is 119 Å². The summed E-state index contributed by atoms with van der Waals surface area (Å²) in [4.78, 5) is 12.8. The van der Waals surface area contributed by atoms with E-state index in [-0.39, 0.29) is 21.7 Å². The van der Waals surface area contributed by atoms with Gasteiger partial charge in [0.15, 0.2) is 9.84 Å². The van der Waals surface area contributed by atoms with Crippen LogP contribution in [0.15, 0.2) is 83.9 Å². The molecule has 1 fully saturated rings. The molecular formula is C31H35ClN5O4PS. The van der Waals surface area contributed by atoms with Crippen LogP contribution in [0.1, 0.15) is 19.4 Å². The Hall–Kier alpha value is -3.43. The van der Waals surface area contributed by atoms with Crippen LogP contribution >= 0.6 is 18.7 Å². The molecule has 5 rings (SSSR count). The molecule has 0 aliphatic carbocycles. The molecule has 0 bridgehead atoms. The number of halogens is 1. The molecule has 3 aromatic carbocycles. The van der Waals surface area contributed by atoms with Gasteiger partial charge in [0, 0.05) is 37.3 Å². The van der Waals surface area contributed by atoms with E-state index < -0.39 is 22.2 Å². The van der Waals surface area contributed by atoms with Gasteiger partial charge >= 0.3 is 0 Å². The molecule has 2 N–H and O–H groups in total. The first-order valence-electron chi connectivity index (χ1n) is 14.0. The third-order valence-corrected chi connectivity index (χ3v) is 13.2. The fourth-order valence-corrected chi connectivity index (χ4v) is 9.12. The van der Waals surface area contributed by atoms with Crippen LogP contribution in [0.2, 0.25) is 5.02 Å². The fourth-order valence-electron chi connectivity index (χ4n) is 5.15. The van der Waals surface area contributed by atoms with E-state index in [1.165, 1.54) is 18.9 Å². The van der Waals surface area contributed by atoms with Crippen LogP contribution in [0.25, 0.3) is 0 Å². The Kier molecular flexibility index (Phi) is 9.13. The molecule has 0 radical (unpaired) electrons. The van der Waals surface area contributed by atoms with Crippen molar-refractivity contribution in [2.24, 2.45) is 0 Å². The van der Waals surface area contributed by atoms with Gasteiger partial charge in [0.25, 0.3) is 0 Å². The molecule has 1 aromatic heterocycles. The average molecular weight is 640 g/mol. The van der Waals surface area contributed by atoms with Gasteiger partial charge in [0.2, 0.25) is 5.95 Å². The molecule has 12 heteroatoms. The largest absolute Gasteiger partial charge is 0.495 e. The number of ether oxygens (including phenoxy) is 1. The van der Waals surface area contributed by atoms with Crippen LogP contribution < -0.4 is 20.7 Å². The first-order valence-corrected chi connectivity index (χ1v) is 18.0. The van der Waals surface area contributed by atoms with Gasteiger partial charge in [-0.1, -0.05) is 54.1 Å². The van der Waals surface area contributed by atoms with Crippen molar-refractivity contribution in [3.8, 4) is 5.75 Å². The Bertz CT molecular complexity index is 1760. The zero-order valence-corrected chi connectivity index (χ0v) is 26.8. The Morgan fingerprint density at radius 2 is 1.70 bits per heavy atom. The van der Waals surface area contributed by atoms with Crippen LogP contribution in [-0.4, -0.2) is 61.1 Å². The summed E-state index contributed by atoms with van der Waals surface area (Å²) in [5.74, 6) is 0.552. The predicted octanol–water partition coefficient (Wildman–Crippen LogP) is 5.88. The Morgan fingerprint density at radius 3 is 2.35 bits per heavy atom. The minimum absolute atomic E-state index is 0.0446. The zero-order chi connectivity index (χ0) is 30.8. The van der Waals surface area contributed by atoms with Gasteiger partial charge in [-0.2, -0.15) is 4.98 Å². The minimum Gasteiger partial charge on any atom is -0.495 e. The maximum Gasteiger partial charge on any atom is 0.236 e. The first-order chi connectivity index (χ1) is 20.5. The summed E-state index contributed by atoms with van der Waals surface area (Å²) in [6.07, 6.45) is 2.48. The molecule has 2 heterocycles. The average Bonchev–Trinajstić information content (AvgIpc) is 3.01. The maximum atomic E-state index is 14.2. The molecule has 9 nitrogen and oxygen atoms in total. The van der Waals surface area contributed by atoms with Crippen LogP contribution in [0.4, 0.5) is 23.1 Å². The second kappa shape index (κ2) is 12.7. The number of nitrogen functional groups attached to an aromatic ring is 1. The summed E-state index contributed by atoms with van der Waals surface area (Å²) in [5.41, 5.74) is 8.08. The quantitative estimate of drug-likeness (QED) is 0.224. The summed E-state index contributed by atoms with van der Waals surface area (Å²) >= 11 is 6.14. The molecular weight excluding hydrogens is 605 g/mol. The van der Waals surface area contributed by atoms with Gasteiger partial charge in [-0.15, -0.1) is 0 Å². The Morgan fingerprint density at radius 1 is 1.02 bits per heavy atom. The molecule has 4 aromatic rings. The van der Waals surface area contributed by atoms with E-state index in [1.54, 1.807) is 55.1 Å². The van der Waals surface area contributed by atoms with Gasteiger partial charge < -0.3 is 15.0 Å². The summed E-state index contributed by atoms with van der Waals surface area (Å²) < 4.78 is 47.0. The molecule has 0 unspecified atom stereocenters. The predicted molar refractivity (Wildman–Crippen MR) is 174 cm³/mol. The lowest BCUT2D eigenvalue weighted by Gasteiger charge is -2.33. The molecule has 0 amide bonds. The summed E-state index contributed by atoms with van der Waals surface area (Å²) in [6, 6.07) is 22.3. The fraction of sp³-hybridized carbons (Fsp3) is 0.290. The van der Waals surface area contributed by atoms with Crippen molar-refractivity contribution in [3.05, 3.63) is 89.6 Å². The standard InChI is InChI=1S/C31H35ClN5O4PS/c1-22(2)43(39,40)29-12-8-7-11-27(29)37(31-34-20-25(32)30(33)35-31)26-14-13-24(19-28(26)41-3)42(38)17-15-36(16-18-42)21-23-9-5-4-6-10-23/h4-14,19-20,22H,15-18,21H2,1-3H3,(H2,33,34,35). The number of nitrogens with zero attached hydrogens (tertiary/aromatic N) is 4. The number of sulfone groups is 1. The highest BCUT2D eigenvalue weighted by Gasteiger charge is 2.33. The van der Waals surface area contributed by atoms with Gasteiger partial charge in [0.05, 0.1) is 34.8 Å². The van der Waals surface area contributed by atoms with Crippen molar-refractivity contribution in [1.29, 1.82) is 0 Å². The van der Waals surface area contributed by atoms with Gasteiger partial charge in [-0.3, -0.25) is 9.80 Å². The number of benzene rings is 3. The van der Waals surface area contributed by atoms with Crippen LogP contribution in [0.5, 0.6) is 5.75 Å². The number of methoxy groups -OCH3 is 1. The second-order valence-electron chi connectivity index (χ2n) is 10.8. The number of hydrogen-bond acceptors (Lipinski definition) is 9. The number of hydrogen-bond donors (Lipinski definition) is 1. The molecule has 226 valence electrons. The van der Waals surface area contributed by atoms with E-state index in [0.29, 0.717) is 34.8 Å². The Balaban J connectivity index is 1.55. The monoisotopic (exact) mass is 639 g/mol. The van der Waals surface area contributed by atoms with Crippen LogP contribution in [-0.2, 0) is 20.9 Å². The lowest BCUT2D eigenvalue weighted by molar-refractivity contribution is 0.288. The number of nitrogens with two attached hydrogens (primary N) is 1. The van der Waals surface area contributed by atoms with Crippen molar-refractivity contribution in [2.75, 3.05) is 43.2 Å². The molecule has 0 saturated carbocycles. The van der Waals surface area contributed by atoms with Crippen molar-refractivity contribution < 1.29 is 17.7 Å². The lowest BCUT2D eigenvalue weighted by Crippen LogP contribution is -2.36. The number of para-hydroxylation sites is 1. The maximum absolute atomic E-state index is 14.2. The molecule has 43 heavy (non-hydrogen) atoms.